The quantitative estimate of drug-likeness (QED) is 0.531. The number of nitrogens with one attached hydrogen (secondary N) is 1. The number of esters is 2. The van der Waals surface area contributed by atoms with Crippen molar-refractivity contribution in [2.24, 2.45) is 0 Å². The minimum absolute atomic E-state index is 0.317. The molecule has 0 bridgehead atoms. The summed E-state index contributed by atoms with van der Waals surface area (Å²) in [6, 6.07) is 14.7. The standard InChI is InChI=1S/C17H13NO5/c19-15(12-4-2-1-3-5-12)22-13-8-6-11(7-9-13)10-14-16(20)23-17(21)18-14/h1-9,14H,10H2,(H,18,21). The molecule has 0 saturated carbocycles. The second kappa shape index (κ2) is 6.31. The molecule has 1 unspecified atom stereocenters. The molecule has 1 N–H and O–H groups in total. The molecule has 0 spiro atoms. The number of ether oxygens (including phenoxy) is 2. The third kappa shape index (κ3) is 3.55. The Morgan fingerprint density at radius 3 is 2.35 bits per heavy atom. The number of carbonyl (C=O) groups is 3. The maximum absolute atomic E-state index is 11.9. The van der Waals surface area contributed by atoms with Gasteiger partial charge in [0.25, 0.3) is 0 Å². The molecule has 1 heterocycles. The average Bonchev–Trinajstić information content (AvgIpc) is 2.87. The fraction of sp³-hybridized carbons (Fsp3) is 0.118. The molecule has 0 aromatic heterocycles. The third-order valence-electron chi connectivity index (χ3n) is 3.35. The van der Waals surface area contributed by atoms with Crippen molar-refractivity contribution < 1.29 is 23.9 Å². The normalized spacial score (nSPS) is 16.6. The van der Waals surface area contributed by atoms with E-state index in [0.29, 0.717) is 17.7 Å². The van der Waals surface area contributed by atoms with E-state index in [-0.39, 0.29) is 0 Å². The van der Waals surface area contributed by atoms with Gasteiger partial charge in [0.15, 0.2) is 0 Å². The molecule has 0 radical (unpaired) electrons. The first-order valence-corrected chi connectivity index (χ1v) is 7.00. The SMILES string of the molecule is O=C1NC(Cc2ccc(OC(=O)c3ccccc3)cc2)C(=O)O1. The second-order valence-electron chi connectivity index (χ2n) is 5.01. The molecular weight excluding hydrogens is 298 g/mol. The average molecular weight is 311 g/mol. The lowest BCUT2D eigenvalue weighted by molar-refractivity contribution is -0.135. The molecule has 2 aromatic rings. The van der Waals surface area contributed by atoms with E-state index < -0.39 is 24.1 Å². The summed E-state index contributed by atoms with van der Waals surface area (Å²) in [7, 11) is 0. The van der Waals surface area contributed by atoms with Crippen molar-refractivity contribution in [2.75, 3.05) is 0 Å². The van der Waals surface area contributed by atoms with E-state index in [9.17, 15) is 14.4 Å². The van der Waals surface area contributed by atoms with Crippen LogP contribution >= 0.6 is 0 Å². The second-order valence-corrected chi connectivity index (χ2v) is 5.01. The van der Waals surface area contributed by atoms with Crippen molar-refractivity contribution in [3.05, 3.63) is 65.7 Å². The van der Waals surface area contributed by atoms with E-state index in [4.69, 9.17) is 4.74 Å². The number of hydrogen-bond acceptors (Lipinski definition) is 5. The molecule has 1 aliphatic rings. The number of amides is 1. The highest BCUT2D eigenvalue weighted by Gasteiger charge is 2.32. The lowest BCUT2D eigenvalue weighted by atomic mass is 10.1. The van der Waals surface area contributed by atoms with Crippen LogP contribution in [0.15, 0.2) is 54.6 Å². The summed E-state index contributed by atoms with van der Waals surface area (Å²) in [5.74, 6) is -0.625. The maximum atomic E-state index is 11.9. The summed E-state index contributed by atoms with van der Waals surface area (Å²) >= 11 is 0. The predicted molar refractivity (Wildman–Crippen MR) is 80.0 cm³/mol. The van der Waals surface area contributed by atoms with Crippen LogP contribution in [0.4, 0.5) is 4.79 Å². The molecule has 1 fully saturated rings. The van der Waals surface area contributed by atoms with Gasteiger partial charge in [-0.2, -0.15) is 0 Å². The Hall–Kier alpha value is -3.15. The monoisotopic (exact) mass is 311 g/mol. The van der Waals surface area contributed by atoms with Crippen LogP contribution in [0.25, 0.3) is 0 Å². The Morgan fingerprint density at radius 2 is 1.74 bits per heavy atom. The molecule has 1 aliphatic heterocycles. The zero-order valence-corrected chi connectivity index (χ0v) is 12.0. The fourth-order valence-corrected chi connectivity index (χ4v) is 2.20. The number of cyclic esters (lactones) is 2. The van der Waals surface area contributed by atoms with Gasteiger partial charge in [-0.1, -0.05) is 30.3 Å². The molecule has 116 valence electrons. The van der Waals surface area contributed by atoms with Gasteiger partial charge in [0.1, 0.15) is 11.8 Å². The molecule has 1 saturated heterocycles. The van der Waals surface area contributed by atoms with Crippen LogP contribution < -0.4 is 10.1 Å². The molecule has 1 atom stereocenters. The largest absolute Gasteiger partial charge is 0.423 e. The van der Waals surface area contributed by atoms with Crippen LogP contribution in [0.3, 0.4) is 0 Å². The maximum Gasteiger partial charge on any atom is 0.415 e. The highest BCUT2D eigenvalue weighted by molar-refractivity contribution is 5.95. The Kier molecular flexibility index (Phi) is 4.05. The highest BCUT2D eigenvalue weighted by atomic mass is 16.6. The van der Waals surface area contributed by atoms with Crippen molar-refractivity contribution >= 4 is 18.0 Å². The number of benzene rings is 2. The lowest BCUT2D eigenvalue weighted by Gasteiger charge is -2.08. The summed E-state index contributed by atoms with van der Waals surface area (Å²) in [6.45, 7) is 0. The zero-order chi connectivity index (χ0) is 16.2. The van der Waals surface area contributed by atoms with Crippen molar-refractivity contribution in [3.8, 4) is 5.75 Å². The minimum Gasteiger partial charge on any atom is -0.423 e. The molecule has 2 aromatic carbocycles. The van der Waals surface area contributed by atoms with Crippen LogP contribution in [-0.4, -0.2) is 24.1 Å². The Balaban J connectivity index is 1.62. The first-order chi connectivity index (χ1) is 11.1. The van der Waals surface area contributed by atoms with E-state index in [0.717, 1.165) is 5.56 Å². The first kappa shape index (κ1) is 14.8. The van der Waals surface area contributed by atoms with Crippen molar-refractivity contribution in [3.63, 3.8) is 0 Å². The Bertz CT molecular complexity index is 739. The molecule has 3 rings (SSSR count). The summed E-state index contributed by atoms with van der Waals surface area (Å²) < 4.78 is 9.68. The molecule has 23 heavy (non-hydrogen) atoms. The van der Waals surface area contributed by atoms with Crippen LogP contribution in [0.2, 0.25) is 0 Å². The minimum atomic E-state index is -0.728. The first-order valence-electron chi connectivity index (χ1n) is 7.00. The van der Waals surface area contributed by atoms with Gasteiger partial charge in [0.05, 0.1) is 5.56 Å². The third-order valence-corrected chi connectivity index (χ3v) is 3.35. The van der Waals surface area contributed by atoms with Gasteiger partial charge in [-0.3, -0.25) is 0 Å². The predicted octanol–water partition coefficient (Wildman–Crippen LogP) is 2.08. The lowest BCUT2D eigenvalue weighted by Crippen LogP contribution is -2.30. The van der Waals surface area contributed by atoms with Crippen molar-refractivity contribution in [1.82, 2.24) is 5.32 Å². The van der Waals surface area contributed by atoms with E-state index in [1.165, 1.54) is 0 Å². The van der Waals surface area contributed by atoms with E-state index in [1.807, 2.05) is 6.07 Å². The van der Waals surface area contributed by atoms with Crippen LogP contribution in [0.5, 0.6) is 5.75 Å². The summed E-state index contributed by atoms with van der Waals surface area (Å²) in [5, 5.41) is 2.42. The molecule has 0 aliphatic carbocycles. The van der Waals surface area contributed by atoms with Gasteiger partial charge in [0, 0.05) is 6.42 Å². The van der Waals surface area contributed by atoms with E-state index in [1.54, 1.807) is 48.5 Å². The summed E-state index contributed by atoms with van der Waals surface area (Å²) in [5.41, 5.74) is 1.28. The number of rotatable bonds is 4. The Labute approximate surface area is 132 Å². The molecular formula is C17H13NO5. The number of alkyl carbamates (subject to hydrolysis) is 1. The highest BCUT2D eigenvalue weighted by Crippen LogP contribution is 2.16. The van der Waals surface area contributed by atoms with E-state index in [2.05, 4.69) is 10.1 Å². The van der Waals surface area contributed by atoms with Crippen LogP contribution in [0, 0.1) is 0 Å². The van der Waals surface area contributed by atoms with Gasteiger partial charge < -0.3 is 14.8 Å². The van der Waals surface area contributed by atoms with E-state index >= 15 is 0 Å². The van der Waals surface area contributed by atoms with Crippen LogP contribution in [0.1, 0.15) is 15.9 Å². The zero-order valence-electron chi connectivity index (χ0n) is 12.0. The molecule has 6 nitrogen and oxygen atoms in total. The van der Waals surface area contributed by atoms with Crippen molar-refractivity contribution in [2.45, 2.75) is 12.5 Å². The molecule has 1 amide bonds. The summed E-state index contributed by atoms with van der Waals surface area (Å²) in [6.07, 6.45) is -0.411. The van der Waals surface area contributed by atoms with Crippen LogP contribution in [-0.2, 0) is 16.0 Å². The number of carbonyl (C=O) groups excluding carboxylic acids is 3. The smallest absolute Gasteiger partial charge is 0.415 e. The van der Waals surface area contributed by atoms with Gasteiger partial charge in [-0.05, 0) is 29.8 Å². The van der Waals surface area contributed by atoms with Gasteiger partial charge in [-0.25, -0.2) is 14.4 Å². The van der Waals surface area contributed by atoms with Gasteiger partial charge in [0.2, 0.25) is 0 Å². The fourth-order valence-electron chi connectivity index (χ4n) is 2.20. The van der Waals surface area contributed by atoms with Gasteiger partial charge >= 0.3 is 18.0 Å². The van der Waals surface area contributed by atoms with Gasteiger partial charge in [-0.15, -0.1) is 0 Å². The topological polar surface area (TPSA) is 81.7 Å². The Morgan fingerprint density at radius 1 is 1.04 bits per heavy atom. The summed E-state index contributed by atoms with van der Waals surface area (Å²) in [4.78, 5) is 34.3. The molecule has 6 heteroatoms. The van der Waals surface area contributed by atoms with Crippen molar-refractivity contribution in [1.29, 1.82) is 0 Å². The number of hydrogen-bond donors (Lipinski definition) is 1.